The van der Waals surface area contributed by atoms with Crippen molar-refractivity contribution < 1.29 is 9.15 Å². The Bertz CT molecular complexity index is 1240. The summed E-state index contributed by atoms with van der Waals surface area (Å²) in [5, 5.41) is 0.515. The molecule has 0 unspecified atom stereocenters. The molecule has 0 N–H and O–H groups in total. The minimum Gasteiger partial charge on any atom is -0.497 e. The van der Waals surface area contributed by atoms with Crippen LogP contribution in [-0.2, 0) is 0 Å². The van der Waals surface area contributed by atoms with Gasteiger partial charge in [0, 0.05) is 44.5 Å². The van der Waals surface area contributed by atoms with Crippen LogP contribution in [0, 0.1) is 0 Å². The first-order chi connectivity index (χ1) is 16.9. The summed E-state index contributed by atoms with van der Waals surface area (Å²) in [5.41, 5.74) is 1.83. The largest absolute Gasteiger partial charge is 0.497 e. The molecule has 1 aromatic carbocycles. The van der Waals surface area contributed by atoms with Crippen LogP contribution in [0.2, 0.25) is 0 Å². The lowest BCUT2D eigenvalue weighted by Crippen LogP contribution is -2.53. The van der Waals surface area contributed by atoms with Crippen LogP contribution in [0.5, 0.6) is 5.75 Å². The topological polar surface area (TPSA) is 74.9 Å². The monoisotopic (exact) mass is 477 g/mol. The summed E-state index contributed by atoms with van der Waals surface area (Å²) in [6.45, 7) is 10.2. The first kappa shape index (κ1) is 23.8. The van der Waals surface area contributed by atoms with Gasteiger partial charge in [-0.1, -0.05) is 13.8 Å². The van der Waals surface area contributed by atoms with Crippen LogP contribution in [-0.4, -0.2) is 79.2 Å². The Hall–Kier alpha value is -2.97. The Morgan fingerprint density at radius 1 is 1.09 bits per heavy atom. The van der Waals surface area contributed by atoms with E-state index in [9.17, 15) is 4.79 Å². The number of rotatable bonds is 5. The van der Waals surface area contributed by atoms with E-state index in [1.54, 1.807) is 19.4 Å². The molecule has 2 saturated heterocycles. The number of methoxy groups -OCH3 is 1. The third-order valence-electron chi connectivity index (χ3n) is 7.43. The smallest absolute Gasteiger partial charge is 0.347 e. The van der Waals surface area contributed by atoms with Crippen LogP contribution in [0.15, 0.2) is 39.7 Å². The summed E-state index contributed by atoms with van der Waals surface area (Å²) in [4.78, 5) is 29.9. The molecule has 0 aliphatic carbocycles. The zero-order chi connectivity index (χ0) is 24.5. The van der Waals surface area contributed by atoms with E-state index in [1.165, 1.54) is 25.9 Å². The lowest BCUT2D eigenvalue weighted by molar-refractivity contribution is 0.115. The first-order valence-electron chi connectivity index (χ1n) is 12.6. The molecule has 0 atom stereocenters. The minimum atomic E-state index is -0.377. The predicted molar refractivity (Wildman–Crippen MR) is 138 cm³/mol. The van der Waals surface area contributed by atoms with E-state index in [0.29, 0.717) is 28.6 Å². The highest BCUT2D eigenvalue weighted by Crippen LogP contribution is 2.32. The fraction of sp³-hybridized carbons (Fsp3) is 0.519. The van der Waals surface area contributed by atoms with E-state index < -0.39 is 0 Å². The number of benzene rings is 1. The molecular weight excluding hydrogens is 442 g/mol. The highest BCUT2D eigenvalue weighted by molar-refractivity contribution is 5.85. The second-order valence-corrected chi connectivity index (χ2v) is 10.0. The third-order valence-corrected chi connectivity index (χ3v) is 7.43. The summed E-state index contributed by atoms with van der Waals surface area (Å²) < 4.78 is 11.3. The molecule has 0 radical (unpaired) electrons. The number of hydrogen-bond donors (Lipinski definition) is 0. The van der Waals surface area contributed by atoms with Crippen molar-refractivity contribution in [2.75, 3.05) is 58.3 Å². The Morgan fingerprint density at radius 2 is 1.83 bits per heavy atom. The van der Waals surface area contributed by atoms with Crippen molar-refractivity contribution in [2.24, 2.45) is 0 Å². The molecule has 2 aliphatic rings. The van der Waals surface area contributed by atoms with Gasteiger partial charge in [-0.05, 0) is 62.7 Å². The van der Waals surface area contributed by atoms with Crippen LogP contribution in [0.25, 0.3) is 22.4 Å². The molecule has 0 spiro atoms. The molecule has 3 aromatic rings. The standard InChI is InChI=1S/C27H35N5O3/c1-18(2)22-16-20(34-4)17-23-24(22)27(33)35-26(29-23)21-6-5-9-28-25(21)32-14-12-31(13-15-32)19-7-10-30(3)11-8-19/h5-6,9,16-19H,7-8,10-15H2,1-4H3. The van der Waals surface area contributed by atoms with Crippen molar-refractivity contribution in [1.82, 2.24) is 19.8 Å². The van der Waals surface area contributed by atoms with Crippen molar-refractivity contribution in [1.29, 1.82) is 0 Å². The molecule has 186 valence electrons. The van der Waals surface area contributed by atoms with Gasteiger partial charge < -0.3 is 19.0 Å². The normalized spacial score (nSPS) is 18.5. The molecular formula is C27H35N5O3. The van der Waals surface area contributed by atoms with E-state index in [4.69, 9.17) is 14.1 Å². The van der Waals surface area contributed by atoms with Gasteiger partial charge in [0.1, 0.15) is 11.6 Å². The van der Waals surface area contributed by atoms with Crippen molar-refractivity contribution in [2.45, 2.75) is 38.6 Å². The number of likely N-dealkylation sites (tertiary alicyclic amines) is 1. The molecule has 0 bridgehead atoms. The quantitative estimate of drug-likeness (QED) is 0.552. The van der Waals surface area contributed by atoms with Crippen molar-refractivity contribution in [3.8, 4) is 17.2 Å². The van der Waals surface area contributed by atoms with Gasteiger partial charge in [0.2, 0.25) is 5.89 Å². The fourth-order valence-electron chi connectivity index (χ4n) is 5.37. The van der Waals surface area contributed by atoms with Gasteiger partial charge in [0.25, 0.3) is 0 Å². The van der Waals surface area contributed by atoms with Crippen LogP contribution in [0.4, 0.5) is 5.82 Å². The Kier molecular flexibility index (Phi) is 6.75. The molecule has 2 fully saturated rings. The molecule has 2 aromatic heterocycles. The van der Waals surface area contributed by atoms with Gasteiger partial charge in [-0.3, -0.25) is 4.90 Å². The zero-order valence-corrected chi connectivity index (χ0v) is 21.2. The molecule has 8 heteroatoms. The summed E-state index contributed by atoms with van der Waals surface area (Å²) in [6.07, 6.45) is 4.26. The molecule has 4 heterocycles. The van der Waals surface area contributed by atoms with Gasteiger partial charge in [-0.15, -0.1) is 0 Å². The number of nitrogens with zero attached hydrogens (tertiary/aromatic N) is 5. The number of ether oxygens (including phenoxy) is 1. The third kappa shape index (κ3) is 4.77. The van der Waals surface area contributed by atoms with Gasteiger partial charge in [0.15, 0.2) is 0 Å². The second-order valence-electron chi connectivity index (χ2n) is 10.0. The maximum Gasteiger partial charge on any atom is 0.347 e. The Balaban J connectivity index is 1.44. The van der Waals surface area contributed by atoms with Crippen molar-refractivity contribution in [3.63, 3.8) is 0 Å². The SMILES string of the molecule is COc1cc(C(C)C)c2c(=O)oc(-c3cccnc3N3CCN(C4CCN(C)CC4)CC3)nc2c1. The number of aromatic nitrogens is 2. The van der Waals surface area contributed by atoms with E-state index >= 15 is 0 Å². The molecule has 8 nitrogen and oxygen atoms in total. The molecule has 35 heavy (non-hydrogen) atoms. The second kappa shape index (κ2) is 9.95. The first-order valence-corrected chi connectivity index (χ1v) is 12.6. The van der Waals surface area contributed by atoms with E-state index in [0.717, 1.165) is 43.1 Å². The Labute approximate surface area is 206 Å². The van der Waals surface area contributed by atoms with Gasteiger partial charge in [-0.2, -0.15) is 0 Å². The lowest BCUT2D eigenvalue weighted by atomic mass is 9.98. The van der Waals surface area contributed by atoms with E-state index in [1.807, 2.05) is 32.0 Å². The lowest BCUT2D eigenvalue weighted by Gasteiger charge is -2.42. The number of anilines is 1. The maximum absolute atomic E-state index is 13.1. The zero-order valence-electron chi connectivity index (χ0n) is 21.2. The molecule has 5 rings (SSSR count). The minimum absolute atomic E-state index is 0.137. The van der Waals surface area contributed by atoms with Crippen LogP contribution in [0.3, 0.4) is 0 Å². The molecule has 0 saturated carbocycles. The predicted octanol–water partition coefficient (Wildman–Crippen LogP) is 3.60. The van der Waals surface area contributed by atoms with Gasteiger partial charge in [0.05, 0.1) is 23.6 Å². The average molecular weight is 478 g/mol. The van der Waals surface area contributed by atoms with Crippen LogP contribution in [0.1, 0.15) is 38.2 Å². The fourth-order valence-corrected chi connectivity index (χ4v) is 5.37. The summed E-state index contributed by atoms with van der Waals surface area (Å²) in [7, 11) is 3.83. The number of pyridine rings is 1. The number of hydrogen-bond acceptors (Lipinski definition) is 8. The highest BCUT2D eigenvalue weighted by atomic mass is 16.5. The summed E-state index contributed by atoms with van der Waals surface area (Å²) in [5.74, 6) is 1.93. The van der Waals surface area contributed by atoms with Crippen LogP contribution < -0.4 is 15.3 Å². The summed E-state index contributed by atoms with van der Waals surface area (Å²) >= 11 is 0. The average Bonchev–Trinajstić information content (AvgIpc) is 2.88. The summed E-state index contributed by atoms with van der Waals surface area (Å²) in [6, 6.07) is 8.17. The maximum atomic E-state index is 13.1. The number of fused-ring (bicyclic) bond motifs is 1. The molecule has 2 aliphatic heterocycles. The molecule has 0 amide bonds. The van der Waals surface area contributed by atoms with E-state index in [2.05, 4.69) is 26.7 Å². The van der Waals surface area contributed by atoms with E-state index in [-0.39, 0.29) is 11.5 Å². The highest BCUT2D eigenvalue weighted by Gasteiger charge is 2.28. The van der Waals surface area contributed by atoms with Crippen molar-refractivity contribution >= 4 is 16.7 Å². The van der Waals surface area contributed by atoms with Crippen LogP contribution >= 0.6 is 0 Å². The Morgan fingerprint density at radius 3 is 2.51 bits per heavy atom. The number of piperazine rings is 1. The number of piperidine rings is 1. The van der Waals surface area contributed by atoms with Gasteiger partial charge in [-0.25, -0.2) is 14.8 Å². The van der Waals surface area contributed by atoms with Gasteiger partial charge >= 0.3 is 5.63 Å². The van der Waals surface area contributed by atoms with Crippen molar-refractivity contribution in [3.05, 3.63) is 46.4 Å².